The smallest absolute Gasteiger partial charge is 0.234 e. The number of rotatable bonds is 4. The molecule has 1 amide bonds. The van der Waals surface area contributed by atoms with Gasteiger partial charge in [0.2, 0.25) is 11.8 Å². The highest BCUT2D eigenvalue weighted by molar-refractivity contribution is 5.79. The fraction of sp³-hybridized carbons (Fsp3) is 0.375. The van der Waals surface area contributed by atoms with Crippen LogP contribution in [-0.4, -0.2) is 28.4 Å². The number of carbonyl (C=O) groups is 1. The Morgan fingerprint density at radius 2 is 2.14 bits per heavy atom. The Bertz CT molecular complexity index is 654. The molecule has 0 radical (unpaired) electrons. The zero-order chi connectivity index (χ0) is 15.5. The highest BCUT2D eigenvalue weighted by Gasteiger charge is 2.27. The summed E-state index contributed by atoms with van der Waals surface area (Å²) in [5.74, 6) is 0.529. The van der Waals surface area contributed by atoms with Gasteiger partial charge in [0.25, 0.3) is 0 Å². The van der Waals surface area contributed by atoms with Crippen molar-refractivity contribution in [2.45, 2.75) is 31.8 Å². The first-order valence-electron chi connectivity index (χ1n) is 7.37. The number of carbonyl (C=O) groups excluding carboxylic acids is 1. The van der Waals surface area contributed by atoms with Gasteiger partial charge in [-0.1, -0.05) is 6.42 Å². The second-order valence-corrected chi connectivity index (χ2v) is 5.51. The van der Waals surface area contributed by atoms with E-state index in [1.54, 1.807) is 18.3 Å². The normalized spacial score (nSPS) is 19.2. The number of oxazole rings is 1. The van der Waals surface area contributed by atoms with Crippen LogP contribution in [0.15, 0.2) is 34.9 Å². The van der Waals surface area contributed by atoms with Gasteiger partial charge in [-0.3, -0.25) is 9.69 Å². The number of likely N-dealkylation sites (tertiary alicyclic amines) is 1. The van der Waals surface area contributed by atoms with Gasteiger partial charge < -0.3 is 10.2 Å². The molecule has 3 rings (SSSR count). The number of hydrogen-bond acceptors (Lipinski definition) is 4. The molecule has 1 atom stereocenters. The summed E-state index contributed by atoms with van der Waals surface area (Å²) < 4.78 is 18.7. The van der Waals surface area contributed by atoms with Crippen molar-refractivity contribution < 1.29 is 13.6 Å². The lowest BCUT2D eigenvalue weighted by Gasteiger charge is -2.32. The van der Waals surface area contributed by atoms with Gasteiger partial charge in [-0.05, 0) is 43.7 Å². The summed E-state index contributed by atoms with van der Waals surface area (Å²) in [6.07, 6.45) is 4.44. The van der Waals surface area contributed by atoms with Crippen LogP contribution < -0.4 is 5.73 Å². The van der Waals surface area contributed by atoms with Crippen LogP contribution in [-0.2, 0) is 11.3 Å². The van der Waals surface area contributed by atoms with Gasteiger partial charge >= 0.3 is 0 Å². The van der Waals surface area contributed by atoms with E-state index in [-0.39, 0.29) is 17.8 Å². The molecule has 1 aromatic heterocycles. The molecule has 6 heteroatoms. The van der Waals surface area contributed by atoms with E-state index in [1.165, 1.54) is 12.1 Å². The van der Waals surface area contributed by atoms with Crippen LogP contribution in [0.5, 0.6) is 0 Å². The van der Waals surface area contributed by atoms with E-state index in [9.17, 15) is 9.18 Å². The maximum absolute atomic E-state index is 12.9. The van der Waals surface area contributed by atoms with E-state index in [1.807, 2.05) is 4.90 Å². The molecule has 1 aliphatic rings. The van der Waals surface area contributed by atoms with Crippen LogP contribution >= 0.6 is 0 Å². The third-order valence-corrected chi connectivity index (χ3v) is 3.96. The van der Waals surface area contributed by atoms with Crippen molar-refractivity contribution in [3.63, 3.8) is 0 Å². The monoisotopic (exact) mass is 303 g/mol. The molecule has 5 nitrogen and oxygen atoms in total. The SMILES string of the molecule is NC(=O)C1CCCCN1Cc1ncc(-c2ccc(F)cc2)o1. The number of aromatic nitrogens is 1. The fourth-order valence-corrected chi connectivity index (χ4v) is 2.81. The average Bonchev–Trinajstić information content (AvgIpc) is 2.97. The third-order valence-electron chi connectivity index (χ3n) is 3.96. The van der Waals surface area contributed by atoms with Crippen molar-refractivity contribution in [2.24, 2.45) is 5.73 Å². The Balaban J connectivity index is 1.73. The maximum Gasteiger partial charge on any atom is 0.234 e. The van der Waals surface area contributed by atoms with E-state index in [2.05, 4.69) is 4.98 Å². The topological polar surface area (TPSA) is 72.4 Å². The van der Waals surface area contributed by atoms with Crippen molar-refractivity contribution in [1.82, 2.24) is 9.88 Å². The van der Waals surface area contributed by atoms with E-state index in [0.717, 1.165) is 31.4 Å². The number of nitrogens with two attached hydrogens (primary N) is 1. The van der Waals surface area contributed by atoms with Crippen LogP contribution in [0.1, 0.15) is 25.2 Å². The molecule has 1 saturated heterocycles. The quantitative estimate of drug-likeness (QED) is 0.941. The second kappa shape index (κ2) is 6.27. The number of benzene rings is 1. The molecular weight excluding hydrogens is 285 g/mol. The number of primary amides is 1. The zero-order valence-corrected chi connectivity index (χ0v) is 12.2. The molecule has 2 heterocycles. The van der Waals surface area contributed by atoms with Gasteiger partial charge in [-0.2, -0.15) is 0 Å². The van der Waals surface area contributed by atoms with E-state index >= 15 is 0 Å². The highest BCUT2D eigenvalue weighted by atomic mass is 19.1. The summed E-state index contributed by atoms with van der Waals surface area (Å²) >= 11 is 0. The van der Waals surface area contributed by atoms with E-state index in [4.69, 9.17) is 10.2 Å². The summed E-state index contributed by atoms with van der Waals surface area (Å²) in [5, 5.41) is 0. The molecule has 1 aromatic carbocycles. The lowest BCUT2D eigenvalue weighted by Crippen LogP contribution is -2.47. The molecule has 0 aliphatic carbocycles. The number of nitrogens with zero attached hydrogens (tertiary/aromatic N) is 2. The highest BCUT2D eigenvalue weighted by Crippen LogP contribution is 2.23. The molecule has 2 aromatic rings. The van der Waals surface area contributed by atoms with Gasteiger partial charge in [0, 0.05) is 5.56 Å². The van der Waals surface area contributed by atoms with Crippen molar-refractivity contribution in [1.29, 1.82) is 0 Å². The van der Waals surface area contributed by atoms with Gasteiger partial charge in [-0.25, -0.2) is 9.37 Å². The number of piperidine rings is 1. The van der Waals surface area contributed by atoms with Crippen LogP contribution in [0.3, 0.4) is 0 Å². The molecule has 1 fully saturated rings. The average molecular weight is 303 g/mol. The lowest BCUT2D eigenvalue weighted by atomic mass is 10.0. The first-order chi connectivity index (χ1) is 10.6. The molecule has 22 heavy (non-hydrogen) atoms. The molecule has 0 spiro atoms. The number of hydrogen-bond donors (Lipinski definition) is 1. The minimum Gasteiger partial charge on any atom is -0.439 e. The molecule has 2 N–H and O–H groups in total. The van der Waals surface area contributed by atoms with Crippen molar-refractivity contribution >= 4 is 5.91 Å². The van der Waals surface area contributed by atoms with Crippen molar-refractivity contribution in [3.05, 3.63) is 42.2 Å². The Labute approximate surface area is 127 Å². The van der Waals surface area contributed by atoms with E-state index in [0.29, 0.717) is 18.2 Å². The van der Waals surface area contributed by atoms with Crippen LogP contribution in [0.4, 0.5) is 4.39 Å². The summed E-state index contributed by atoms with van der Waals surface area (Å²) in [7, 11) is 0. The third kappa shape index (κ3) is 3.17. The van der Waals surface area contributed by atoms with E-state index < -0.39 is 0 Å². The van der Waals surface area contributed by atoms with Gasteiger partial charge in [-0.15, -0.1) is 0 Å². The van der Waals surface area contributed by atoms with Crippen LogP contribution in [0.25, 0.3) is 11.3 Å². The summed E-state index contributed by atoms with van der Waals surface area (Å²) in [6, 6.07) is 5.80. The summed E-state index contributed by atoms with van der Waals surface area (Å²) in [6.45, 7) is 1.26. The van der Waals surface area contributed by atoms with Crippen LogP contribution in [0, 0.1) is 5.82 Å². The maximum atomic E-state index is 12.9. The fourth-order valence-electron chi connectivity index (χ4n) is 2.81. The van der Waals surface area contributed by atoms with Gasteiger partial charge in [0.05, 0.1) is 18.8 Å². The Morgan fingerprint density at radius 3 is 2.86 bits per heavy atom. The van der Waals surface area contributed by atoms with Crippen molar-refractivity contribution in [2.75, 3.05) is 6.54 Å². The predicted octanol–water partition coefficient (Wildman–Crippen LogP) is 2.32. The largest absolute Gasteiger partial charge is 0.439 e. The lowest BCUT2D eigenvalue weighted by molar-refractivity contribution is -0.124. The first kappa shape index (κ1) is 14.7. The Hall–Kier alpha value is -2.21. The molecule has 0 saturated carbocycles. The minimum absolute atomic E-state index is 0.255. The summed E-state index contributed by atoms with van der Waals surface area (Å²) in [5.41, 5.74) is 6.22. The van der Waals surface area contributed by atoms with Gasteiger partial charge in [0.15, 0.2) is 5.76 Å². The Morgan fingerprint density at radius 1 is 1.36 bits per heavy atom. The minimum atomic E-state index is -0.301. The molecular formula is C16H18FN3O2. The number of amides is 1. The molecule has 1 unspecified atom stereocenters. The standard InChI is InChI=1S/C16H18FN3O2/c17-12-6-4-11(5-7-12)14-9-19-15(22-14)10-20-8-2-1-3-13(20)16(18)21/h4-7,9,13H,1-3,8,10H2,(H2,18,21). The second-order valence-electron chi connectivity index (χ2n) is 5.51. The first-order valence-corrected chi connectivity index (χ1v) is 7.37. The predicted molar refractivity (Wildman–Crippen MR) is 79.1 cm³/mol. The molecule has 116 valence electrons. The van der Waals surface area contributed by atoms with Gasteiger partial charge in [0.1, 0.15) is 5.82 Å². The van der Waals surface area contributed by atoms with Crippen LogP contribution in [0.2, 0.25) is 0 Å². The molecule has 1 aliphatic heterocycles. The number of halogens is 1. The zero-order valence-electron chi connectivity index (χ0n) is 12.2. The molecule has 0 bridgehead atoms. The Kier molecular flexibility index (Phi) is 4.20. The summed E-state index contributed by atoms with van der Waals surface area (Å²) in [4.78, 5) is 17.8. The van der Waals surface area contributed by atoms with Crippen molar-refractivity contribution in [3.8, 4) is 11.3 Å².